The molecule has 2 rings (SSSR count). The number of pyridine rings is 1. The molecule has 1 heterocycles. The fraction of sp³-hybridized carbons (Fsp3) is 0.154. The maximum absolute atomic E-state index is 8.94. The number of aromatic nitrogens is 1. The minimum Gasteiger partial charge on any atom is -0.392 e. The molecule has 1 aromatic heterocycles. The number of hydrogen-bond acceptors (Lipinski definition) is 3. The summed E-state index contributed by atoms with van der Waals surface area (Å²) in [4.78, 5) is 5.38. The van der Waals surface area contributed by atoms with Crippen LogP contribution in [0.3, 0.4) is 0 Å². The van der Waals surface area contributed by atoms with Crippen LogP contribution < -0.4 is 0 Å². The van der Waals surface area contributed by atoms with Gasteiger partial charge in [-0.3, -0.25) is 0 Å². The average molecular weight is 266 g/mol. The van der Waals surface area contributed by atoms with Crippen molar-refractivity contribution in [3.05, 3.63) is 58.9 Å². The summed E-state index contributed by atoms with van der Waals surface area (Å²) >= 11 is 7.52. The van der Waals surface area contributed by atoms with E-state index in [1.807, 2.05) is 36.4 Å². The standard InChI is InChI=1S/C13H12ClNOS/c14-13-3-1-2-11(15-13)9-17-12-6-4-10(8-16)5-7-12/h1-7,16H,8-9H2. The predicted molar refractivity (Wildman–Crippen MR) is 71.2 cm³/mol. The number of halogens is 1. The molecule has 0 aliphatic carbocycles. The summed E-state index contributed by atoms with van der Waals surface area (Å²) in [5, 5.41) is 9.46. The van der Waals surface area contributed by atoms with Gasteiger partial charge in [0.25, 0.3) is 0 Å². The molecule has 1 N–H and O–H groups in total. The van der Waals surface area contributed by atoms with Crippen LogP contribution in [0.2, 0.25) is 5.15 Å². The first-order valence-corrected chi connectivity index (χ1v) is 6.58. The molecule has 2 aromatic rings. The molecule has 0 aliphatic heterocycles. The van der Waals surface area contributed by atoms with E-state index in [4.69, 9.17) is 16.7 Å². The van der Waals surface area contributed by atoms with Crippen molar-refractivity contribution in [1.82, 2.24) is 4.98 Å². The van der Waals surface area contributed by atoms with Gasteiger partial charge in [-0.25, -0.2) is 4.98 Å². The number of thioether (sulfide) groups is 1. The normalized spacial score (nSPS) is 10.5. The highest BCUT2D eigenvalue weighted by atomic mass is 35.5. The van der Waals surface area contributed by atoms with Gasteiger partial charge in [0.2, 0.25) is 0 Å². The first-order chi connectivity index (χ1) is 8.28. The minimum absolute atomic E-state index is 0.0841. The zero-order chi connectivity index (χ0) is 12.1. The Balaban J connectivity index is 1.97. The quantitative estimate of drug-likeness (QED) is 0.678. The Bertz CT molecular complexity index is 487. The van der Waals surface area contributed by atoms with Crippen LogP contribution in [0.15, 0.2) is 47.4 Å². The Morgan fingerprint density at radius 3 is 2.53 bits per heavy atom. The van der Waals surface area contributed by atoms with Crippen LogP contribution in [0.5, 0.6) is 0 Å². The van der Waals surface area contributed by atoms with E-state index in [-0.39, 0.29) is 6.61 Å². The molecule has 0 saturated carbocycles. The van der Waals surface area contributed by atoms with E-state index in [2.05, 4.69) is 4.98 Å². The Morgan fingerprint density at radius 1 is 1.12 bits per heavy atom. The largest absolute Gasteiger partial charge is 0.392 e. The van der Waals surface area contributed by atoms with Gasteiger partial charge in [-0.2, -0.15) is 0 Å². The molecule has 0 fully saturated rings. The number of aliphatic hydroxyl groups excluding tert-OH is 1. The topological polar surface area (TPSA) is 33.1 Å². The third kappa shape index (κ3) is 3.73. The summed E-state index contributed by atoms with van der Waals surface area (Å²) in [6.07, 6.45) is 0. The van der Waals surface area contributed by atoms with Crippen molar-refractivity contribution in [1.29, 1.82) is 0 Å². The molecule has 0 spiro atoms. The van der Waals surface area contributed by atoms with Gasteiger partial charge in [-0.05, 0) is 29.8 Å². The van der Waals surface area contributed by atoms with E-state index >= 15 is 0 Å². The van der Waals surface area contributed by atoms with Crippen molar-refractivity contribution in [3.8, 4) is 0 Å². The van der Waals surface area contributed by atoms with E-state index in [0.29, 0.717) is 5.15 Å². The lowest BCUT2D eigenvalue weighted by molar-refractivity contribution is 0.282. The third-order valence-electron chi connectivity index (χ3n) is 2.27. The Labute approximate surface area is 110 Å². The van der Waals surface area contributed by atoms with Gasteiger partial charge in [0.1, 0.15) is 5.15 Å². The van der Waals surface area contributed by atoms with Crippen LogP contribution in [-0.4, -0.2) is 10.1 Å². The lowest BCUT2D eigenvalue weighted by Gasteiger charge is -2.03. The molecule has 4 heteroatoms. The van der Waals surface area contributed by atoms with Crippen molar-refractivity contribution < 1.29 is 5.11 Å². The second kappa shape index (κ2) is 6.05. The van der Waals surface area contributed by atoms with Gasteiger partial charge >= 0.3 is 0 Å². The predicted octanol–water partition coefficient (Wildman–Crippen LogP) is 3.52. The first-order valence-electron chi connectivity index (χ1n) is 5.22. The number of rotatable bonds is 4. The summed E-state index contributed by atoms with van der Waals surface area (Å²) in [5.41, 5.74) is 1.89. The van der Waals surface area contributed by atoms with Crippen LogP contribution in [0.1, 0.15) is 11.3 Å². The zero-order valence-electron chi connectivity index (χ0n) is 9.14. The van der Waals surface area contributed by atoms with Gasteiger partial charge < -0.3 is 5.11 Å². The summed E-state index contributed by atoms with van der Waals surface area (Å²) in [6, 6.07) is 13.5. The third-order valence-corrected chi connectivity index (χ3v) is 3.52. The molecule has 17 heavy (non-hydrogen) atoms. The van der Waals surface area contributed by atoms with Crippen molar-refractivity contribution in [2.75, 3.05) is 0 Å². The summed E-state index contributed by atoms with van der Waals surface area (Å²) in [7, 11) is 0. The number of hydrogen-bond donors (Lipinski definition) is 1. The molecule has 2 nitrogen and oxygen atoms in total. The molecule has 0 atom stereocenters. The highest BCUT2D eigenvalue weighted by Crippen LogP contribution is 2.22. The van der Waals surface area contributed by atoms with Crippen molar-refractivity contribution in [3.63, 3.8) is 0 Å². The van der Waals surface area contributed by atoms with Gasteiger partial charge in [-0.15, -0.1) is 11.8 Å². The van der Waals surface area contributed by atoms with E-state index in [9.17, 15) is 0 Å². The lowest BCUT2D eigenvalue weighted by Crippen LogP contribution is -1.87. The Hall–Kier alpha value is -1.03. The Morgan fingerprint density at radius 2 is 1.88 bits per heavy atom. The molecule has 0 aliphatic rings. The molecule has 88 valence electrons. The van der Waals surface area contributed by atoms with Crippen LogP contribution >= 0.6 is 23.4 Å². The molecule has 0 amide bonds. The number of aliphatic hydroxyl groups is 1. The van der Waals surface area contributed by atoms with Crippen LogP contribution in [-0.2, 0) is 12.4 Å². The fourth-order valence-corrected chi connectivity index (χ4v) is 2.36. The molecular formula is C13H12ClNOS. The average Bonchev–Trinajstić information content (AvgIpc) is 2.37. The van der Waals surface area contributed by atoms with Crippen LogP contribution in [0.4, 0.5) is 0 Å². The Kier molecular flexibility index (Phi) is 4.42. The minimum atomic E-state index is 0.0841. The van der Waals surface area contributed by atoms with E-state index in [0.717, 1.165) is 21.9 Å². The summed E-state index contributed by atoms with van der Waals surface area (Å²) < 4.78 is 0. The van der Waals surface area contributed by atoms with Crippen molar-refractivity contribution in [2.45, 2.75) is 17.3 Å². The highest BCUT2D eigenvalue weighted by Gasteiger charge is 1.99. The zero-order valence-corrected chi connectivity index (χ0v) is 10.7. The first kappa shape index (κ1) is 12.4. The van der Waals surface area contributed by atoms with E-state index in [1.54, 1.807) is 17.8 Å². The molecular weight excluding hydrogens is 254 g/mol. The summed E-state index contributed by atoms with van der Waals surface area (Å²) in [5.74, 6) is 0.791. The van der Waals surface area contributed by atoms with E-state index in [1.165, 1.54) is 0 Å². The van der Waals surface area contributed by atoms with Crippen molar-refractivity contribution in [2.24, 2.45) is 0 Å². The molecule has 0 unspecified atom stereocenters. The second-order valence-corrected chi connectivity index (χ2v) is 4.98. The fourth-order valence-electron chi connectivity index (χ4n) is 1.38. The maximum atomic E-state index is 8.94. The van der Waals surface area contributed by atoms with Crippen LogP contribution in [0.25, 0.3) is 0 Å². The van der Waals surface area contributed by atoms with Gasteiger partial charge in [0.05, 0.1) is 12.3 Å². The molecule has 0 bridgehead atoms. The van der Waals surface area contributed by atoms with Crippen molar-refractivity contribution >= 4 is 23.4 Å². The second-order valence-electron chi connectivity index (χ2n) is 3.54. The lowest BCUT2D eigenvalue weighted by atomic mass is 10.2. The van der Waals surface area contributed by atoms with Gasteiger partial charge in [-0.1, -0.05) is 29.8 Å². The summed E-state index contributed by atoms with van der Waals surface area (Å²) in [6.45, 7) is 0.0841. The maximum Gasteiger partial charge on any atom is 0.129 e. The monoisotopic (exact) mass is 265 g/mol. The highest BCUT2D eigenvalue weighted by molar-refractivity contribution is 7.98. The number of benzene rings is 1. The number of nitrogens with zero attached hydrogens (tertiary/aromatic N) is 1. The smallest absolute Gasteiger partial charge is 0.129 e. The van der Waals surface area contributed by atoms with Crippen LogP contribution in [0, 0.1) is 0 Å². The SMILES string of the molecule is OCc1ccc(SCc2cccc(Cl)n2)cc1. The van der Waals surface area contributed by atoms with Gasteiger partial charge in [0.15, 0.2) is 0 Å². The molecule has 0 radical (unpaired) electrons. The van der Waals surface area contributed by atoms with Gasteiger partial charge in [0, 0.05) is 10.6 Å². The molecule has 1 aromatic carbocycles. The van der Waals surface area contributed by atoms with E-state index < -0.39 is 0 Å². The molecule has 0 saturated heterocycles.